The van der Waals surface area contributed by atoms with Crippen LogP contribution in [0, 0.1) is 0 Å². The first-order chi connectivity index (χ1) is 11.7. The molecule has 0 aliphatic carbocycles. The molecule has 122 valence electrons. The number of hydrogen-bond acceptors (Lipinski definition) is 6. The van der Waals surface area contributed by atoms with E-state index >= 15 is 0 Å². The molecule has 0 unspecified atom stereocenters. The Labute approximate surface area is 140 Å². The van der Waals surface area contributed by atoms with Gasteiger partial charge in [-0.2, -0.15) is 9.61 Å². The summed E-state index contributed by atoms with van der Waals surface area (Å²) >= 11 is 1.59. The van der Waals surface area contributed by atoms with Gasteiger partial charge in [0.2, 0.25) is 0 Å². The summed E-state index contributed by atoms with van der Waals surface area (Å²) < 4.78 is 1.60. The van der Waals surface area contributed by atoms with Gasteiger partial charge >= 0.3 is 12.1 Å². The van der Waals surface area contributed by atoms with Crippen LogP contribution in [0.2, 0.25) is 0 Å². The number of rotatable bonds is 3. The van der Waals surface area contributed by atoms with Crippen molar-refractivity contribution in [2.24, 2.45) is 0 Å². The topological polar surface area (TPSA) is 105 Å². The van der Waals surface area contributed by atoms with Crippen molar-refractivity contribution < 1.29 is 9.59 Å². The lowest BCUT2D eigenvalue weighted by Gasteiger charge is -2.12. The van der Waals surface area contributed by atoms with E-state index in [9.17, 15) is 9.59 Å². The maximum absolute atomic E-state index is 12.0. The molecule has 0 aromatic carbocycles. The Morgan fingerprint density at radius 2 is 2.25 bits per heavy atom. The zero-order chi connectivity index (χ0) is 16.5. The van der Waals surface area contributed by atoms with Crippen LogP contribution in [-0.2, 0) is 6.54 Å². The molecule has 10 heteroatoms. The molecule has 24 heavy (non-hydrogen) atoms. The summed E-state index contributed by atoms with van der Waals surface area (Å²) in [6.07, 6.45) is 0. The average molecular weight is 343 g/mol. The van der Waals surface area contributed by atoms with E-state index in [2.05, 4.69) is 25.9 Å². The van der Waals surface area contributed by atoms with Gasteiger partial charge in [0.15, 0.2) is 11.5 Å². The van der Waals surface area contributed by atoms with Crippen molar-refractivity contribution in [1.82, 2.24) is 35.3 Å². The quantitative estimate of drug-likeness (QED) is 0.741. The Morgan fingerprint density at radius 1 is 1.33 bits per heavy atom. The molecule has 4 heterocycles. The lowest BCUT2D eigenvalue weighted by Crippen LogP contribution is -2.41. The van der Waals surface area contributed by atoms with Gasteiger partial charge in [0.05, 0.1) is 11.4 Å². The van der Waals surface area contributed by atoms with E-state index in [-0.39, 0.29) is 6.54 Å². The van der Waals surface area contributed by atoms with Crippen molar-refractivity contribution in [3.63, 3.8) is 0 Å². The second-order valence-electron chi connectivity index (χ2n) is 5.12. The summed E-state index contributed by atoms with van der Waals surface area (Å²) in [5, 5.41) is 19.9. The first kappa shape index (κ1) is 14.6. The second-order valence-corrected chi connectivity index (χ2v) is 6.07. The monoisotopic (exact) mass is 343 g/mol. The van der Waals surface area contributed by atoms with Crippen LogP contribution < -0.4 is 10.6 Å². The van der Waals surface area contributed by atoms with Crippen molar-refractivity contribution in [2.75, 3.05) is 13.1 Å². The maximum Gasteiger partial charge on any atom is 0.325 e. The number of aromatic nitrogens is 4. The van der Waals surface area contributed by atoms with Crippen molar-refractivity contribution in [3.05, 3.63) is 35.5 Å². The zero-order valence-electron chi connectivity index (χ0n) is 12.5. The molecule has 4 rings (SSSR count). The Balaban J connectivity index is 1.55. The van der Waals surface area contributed by atoms with Gasteiger partial charge in [0.25, 0.3) is 0 Å². The van der Waals surface area contributed by atoms with E-state index < -0.39 is 12.1 Å². The molecule has 2 N–H and O–H groups in total. The molecule has 1 aliphatic rings. The standard InChI is InChI=1S/C14H13N7O2S/c22-13-15-5-6-20(13)14(23)16-8-12-18-17-11-4-3-9(19-21(11)12)10-2-1-7-24-10/h1-4,7H,5-6,8H2,(H,15,22)(H,16,23). The molecule has 1 fully saturated rings. The van der Waals surface area contributed by atoms with Crippen LogP contribution in [0.3, 0.4) is 0 Å². The minimum atomic E-state index is -0.462. The van der Waals surface area contributed by atoms with Crippen LogP contribution in [0.5, 0.6) is 0 Å². The lowest BCUT2D eigenvalue weighted by atomic mass is 10.3. The number of imide groups is 1. The fourth-order valence-electron chi connectivity index (χ4n) is 2.41. The predicted molar refractivity (Wildman–Crippen MR) is 86.4 cm³/mol. The Morgan fingerprint density at radius 3 is 3.00 bits per heavy atom. The summed E-state index contributed by atoms with van der Waals surface area (Å²) in [6, 6.07) is 6.80. The van der Waals surface area contributed by atoms with E-state index in [1.165, 1.54) is 0 Å². The summed E-state index contributed by atoms with van der Waals surface area (Å²) in [6.45, 7) is 0.947. The van der Waals surface area contributed by atoms with Crippen LogP contribution in [0.25, 0.3) is 16.2 Å². The molecule has 9 nitrogen and oxygen atoms in total. The molecule has 0 bridgehead atoms. The van der Waals surface area contributed by atoms with Crippen molar-refractivity contribution in [2.45, 2.75) is 6.54 Å². The van der Waals surface area contributed by atoms with Gasteiger partial charge in [0, 0.05) is 13.1 Å². The number of carbonyl (C=O) groups is 2. The van der Waals surface area contributed by atoms with Gasteiger partial charge in [-0.1, -0.05) is 6.07 Å². The zero-order valence-corrected chi connectivity index (χ0v) is 13.3. The van der Waals surface area contributed by atoms with E-state index in [1.54, 1.807) is 15.9 Å². The highest BCUT2D eigenvalue weighted by molar-refractivity contribution is 7.13. The Hall–Kier alpha value is -3.01. The summed E-state index contributed by atoms with van der Waals surface area (Å²) in [4.78, 5) is 25.6. The first-order valence-corrected chi connectivity index (χ1v) is 8.19. The van der Waals surface area contributed by atoms with E-state index in [0.717, 1.165) is 15.5 Å². The van der Waals surface area contributed by atoms with Crippen molar-refractivity contribution in [3.8, 4) is 10.6 Å². The average Bonchev–Trinajstić information content (AvgIpc) is 3.33. The van der Waals surface area contributed by atoms with Crippen molar-refractivity contribution in [1.29, 1.82) is 0 Å². The highest BCUT2D eigenvalue weighted by Crippen LogP contribution is 2.22. The molecule has 4 amide bonds. The van der Waals surface area contributed by atoms with Gasteiger partial charge in [-0.3, -0.25) is 0 Å². The molecular weight excluding hydrogens is 330 g/mol. The number of nitrogens with zero attached hydrogens (tertiary/aromatic N) is 5. The van der Waals surface area contributed by atoms with Crippen LogP contribution in [0.15, 0.2) is 29.6 Å². The Kier molecular flexibility index (Phi) is 3.58. The van der Waals surface area contributed by atoms with Gasteiger partial charge in [-0.15, -0.1) is 21.5 Å². The van der Waals surface area contributed by atoms with Gasteiger partial charge in [-0.05, 0) is 23.6 Å². The van der Waals surface area contributed by atoms with Gasteiger partial charge < -0.3 is 10.6 Å². The predicted octanol–water partition coefficient (Wildman–Crippen LogP) is 1.09. The third-order valence-electron chi connectivity index (χ3n) is 3.60. The normalized spacial score (nSPS) is 14.2. The SMILES string of the molecule is O=C1NCCN1C(=O)NCc1nnc2ccc(-c3cccs3)nn12. The highest BCUT2D eigenvalue weighted by atomic mass is 32.1. The third kappa shape index (κ3) is 2.56. The maximum atomic E-state index is 12.0. The highest BCUT2D eigenvalue weighted by Gasteiger charge is 2.26. The van der Waals surface area contributed by atoms with Crippen LogP contribution >= 0.6 is 11.3 Å². The summed E-state index contributed by atoms with van der Waals surface area (Å²) in [5.41, 5.74) is 1.40. The molecule has 0 radical (unpaired) electrons. The third-order valence-corrected chi connectivity index (χ3v) is 4.49. The number of carbonyl (C=O) groups excluding carboxylic acids is 2. The molecule has 0 atom stereocenters. The first-order valence-electron chi connectivity index (χ1n) is 7.31. The lowest BCUT2D eigenvalue weighted by molar-refractivity contribution is 0.198. The van der Waals surface area contributed by atoms with Crippen molar-refractivity contribution >= 4 is 29.0 Å². The van der Waals surface area contributed by atoms with Gasteiger partial charge in [0.1, 0.15) is 5.69 Å². The number of fused-ring (bicyclic) bond motifs is 1. The fraction of sp³-hybridized carbons (Fsp3) is 0.214. The minimum Gasteiger partial charge on any atom is -0.336 e. The van der Waals surface area contributed by atoms with Crippen LogP contribution in [-0.4, -0.2) is 49.9 Å². The van der Waals surface area contributed by atoms with Gasteiger partial charge in [-0.25, -0.2) is 14.5 Å². The molecule has 1 aliphatic heterocycles. The molecule has 1 saturated heterocycles. The molecule has 3 aromatic rings. The minimum absolute atomic E-state index is 0.130. The smallest absolute Gasteiger partial charge is 0.325 e. The fourth-order valence-corrected chi connectivity index (χ4v) is 3.11. The number of amides is 4. The second kappa shape index (κ2) is 5.89. The molecular formula is C14H13N7O2S. The van der Waals surface area contributed by atoms with Crippen LogP contribution in [0.4, 0.5) is 9.59 Å². The number of thiophene rings is 1. The molecule has 0 saturated carbocycles. The number of nitrogens with one attached hydrogen (secondary N) is 2. The molecule has 3 aromatic heterocycles. The number of hydrogen-bond donors (Lipinski definition) is 2. The summed E-state index contributed by atoms with van der Waals surface area (Å²) in [7, 11) is 0. The van der Waals surface area contributed by atoms with E-state index in [0.29, 0.717) is 24.6 Å². The van der Waals surface area contributed by atoms with E-state index in [4.69, 9.17) is 0 Å². The molecule has 0 spiro atoms. The van der Waals surface area contributed by atoms with E-state index in [1.807, 2.05) is 29.6 Å². The Bertz CT molecular complexity index is 905. The van der Waals surface area contributed by atoms with Crippen LogP contribution in [0.1, 0.15) is 5.82 Å². The summed E-state index contributed by atoms with van der Waals surface area (Å²) in [5.74, 6) is 0.497. The number of urea groups is 2. The largest absolute Gasteiger partial charge is 0.336 e.